The summed E-state index contributed by atoms with van der Waals surface area (Å²) in [5.74, 6) is 0.314. The number of alkyl halides is 2. The third kappa shape index (κ3) is 3.48. The third-order valence-corrected chi connectivity index (χ3v) is 5.86. The molecule has 1 aliphatic carbocycles. The molecule has 1 aromatic heterocycles. The molecule has 0 bridgehead atoms. The van der Waals surface area contributed by atoms with Crippen molar-refractivity contribution in [3.63, 3.8) is 0 Å². The van der Waals surface area contributed by atoms with Crippen LogP contribution in [0.3, 0.4) is 0 Å². The highest BCUT2D eigenvalue weighted by molar-refractivity contribution is 7.89. The van der Waals surface area contributed by atoms with Crippen LogP contribution in [0.25, 0.3) is 0 Å². The molecule has 1 fully saturated rings. The highest BCUT2D eigenvalue weighted by Crippen LogP contribution is 2.34. The minimum Gasteiger partial charge on any atom is -0.268 e. The van der Waals surface area contributed by atoms with Crippen molar-refractivity contribution in [2.45, 2.75) is 64.4 Å². The van der Waals surface area contributed by atoms with Gasteiger partial charge in [0.1, 0.15) is 4.90 Å². The molecule has 0 aromatic carbocycles. The molecule has 22 heavy (non-hydrogen) atoms. The van der Waals surface area contributed by atoms with Crippen LogP contribution in [0.2, 0.25) is 0 Å². The van der Waals surface area contributed by atoms with E-state index in [1.165, 1.54) is 0 Å². The Morgan fingerprint density at radius 2 is 1.91 bits per heavy atom. The molecule has 0 aliphatic heterocycles. The van der Waals surface area contributed by atoms with Gasteiger partial charge >= 0.3 is 0 Å². The van der Waals surface area contributed by atoms with E-state index in [1.807, 2.05) is 13.8 Å². The second-order valence-corrected chi connectivity index (χ2v) is 8.10. The van der Waals surface area contributed by atoms with E-state index in [2.05, 4.69) is 5.10 Å². The van der Waals surface area contributed by atoms with Gasteiger partial charge in [-0.1, -0.05) is 13.8 Å². The van der Waals surface area contributed by atoms with Crippen LogP contribution < -0.4 is 0 Å². The number of hydrogen-bond acceptors (Lipinski definition) is 3. The molecule has 1 aromatic rings. The van der Waals surface area contributed by atoms with Crippen molar-refractivity contribution in [1.29, 1.82) is 0 Å². The first-order valence-electron chi connectivity index (χ1n) is 7.48. The van der Waals surface area contributed by atoms with Crippen LogP contribution in [0.5, 0.6) is 0 Å². The molecule has 0 N–H and O–H groups in total. The van der Waals surface area contributed by atoms with Crippen molar-refractivity contribution >= 4 is 10.0 Å². The molecule has 126 valence electrons. The maximum atomic E-state index is 12.8. The molecule has 0 saturated heterocycles. The number of halogens is 2. The van der Waals surface area contributed by atoms with E-state index < -0.39 is 23.0 Å². The van der Waals surface area contributed by atoms with Gasteiger partial charge < -0.3 is 0 Å². The molecule has 0 atom stereocenters. The number of rotatable bonds is 7. The molecule has 0 spiro atoms. The van der Waals surface area contributed by atoms with Gasteiger partial charge in [-0.2, -0.15) is 9.40 Å². The van der Waals surface area contributed by atoms with Gasteiger partial charge in [0.05, 0.1) is 17.9 Å². The van der Waals surface area contributed by atoms with Gasteiger partial charge in [-0.3, -0.25) is 4.68 Å². The van der Waals surface area contributed by atoms with Crippen LogP contribution in [-0.2, 0) is 16.6 Å². The summed E-state index contributed by atoms with van der Waals surface area (Å²) in [5.41, 5.74) is 0.893. The van der Waals surface area contributed by atoms with E-state index in [0.717, 1.165) is 4.31 Å². The van der Waals surface area contributed by atoms with Gasteiger partial charge in [0.25, 0.3) is 6.43 Å². The van der Waals surface area contributed by atoms with Crippen molar-refractivity contribution < 1.29 is 17.2 Å². The summed E-state index contributed by atoms with van der Waals surface area (Å²) in [6.45, 7) is 7.17. The SMILES string of the molecule is Cc1nn(CC(C)C)c(C)c1S(=O)(=O)N(CC(F)F)C1CC1. The fraction of sp³-hybridized carbons (Fsp3) is 0.786. The molecule has 8 heteroatoms. The first-order chi connectivity index (χ1) is 10.1. The Bertz CT molecular complexity index is 637. The van der Waals surface area contributed by atoms with Crippen LogP contribution in [0.1, 0.15) is 38.1 Å². The van der Waals surface area contributed by atoms with Crippen LogP contribution >= 0.6 is 0 Å². The molecule has 5 nitrogen and oxygen atoms in total. The van der Waals surface area contributed by atoms with Crippen LogP contribution in [0.4, 0.5) is 8.78 Å². The zero-order valence-electron chi connectivity index (χ0n) is 13.4. The molecule has 0 unspecified atom stereocenters. The molecule has 0 radical (unpaired) electrons. The summed E-state index contributed by atoms with van der Waals surface area (Å²) < 4.78 is 53.8. The van der Waals surface area contributed by atoms with Crippen molar-refractivity contribution in [3.05, 3.63) is 11.4 Å². The topological polar surface area (TPSA) is 55.2 Å². The first-order valence-corrected chi connectivity index (χ1v) is 8.92. The third-order valence-electron chi connectivity index (χ3n) is 3.69. The van der Waals surface area contributed by atoms with Crippen molar-refractivity contribution in [1.82, 2.24) is 14.1 Å². The molecule has 2 rings (SSSR count). The maximum Gasteiger partial charge on any atom is 0.252 e. The van der Waals surface area contributed by atoms with E-state index in [9.17, 15) is 17.2 Å². The Labute approximate surface area is 130 Å². The van der Waals surface area contributed by atoms with Crippen LogP contribution in [0, 0.1) is 19.8 Å². The van der Waals surface area contributed by atoms with E-state index in [4.69, 9.17) is 0 Å². The van der Waals surface area contributed by atoms with E-state index >= 15 is 0 Å². The first kappa shape index (κ1) is 17.3. The lowest BCUT2D eigenvalue weighted by Gasteiger charge is -2.21. The van der Waals surface area contributed by atoms with Gasteiger partial charge in [-0.15, -0.1) is 0 Å². The fourth-order valence-corrected chi connectivity index (χ4v) is 4.68. The Hall–Kier alpha value is -1.02. The summed E-state index contributed by atoms with van der Waals surface area (Å²) in [5, 5.41) is 4.28. The van der Waals surface area contributed by atoms with E-state index in [-0.39, 0.29) is 10.9 Å². The Balaban J connectivity index is 2.42. The summed E-state index contributed by atoms with van der Waals surface area (Å²) in [4.78, 5) is 0.0840. The van der Waals surface area contributed by atoms with Crippen molar-refractivity contribution in [2.75, 3.05) is 6.54 Å². The quantitative estimate of drug-likeness (QED) is 0.769. The summed E-state index contributed by atoms with van der Waals surface area (Å²) in [7, 11) is -3.94. The minimum absolute atomic E-state index is 0.0840. The molecule has 1 heterocycles. The Morgan fingerprint density at radius 1 is 1.32 bits per heavy atom. The fourth-order valence-electron chi connectivity index (χ4n) is 2.64. The van der Waals surface area contributed by atoms with Crippen LogP contribution in [-0.4, -0.2) is 41.5 Å². The van der Waals surface area contributed by atoms with E-state index in [1.54, 1.807) is 18.5 Å². The number of aromatic nitrogens is 2. The lowest BCUT2D eigenvalue weighted by Crippen LogP contribution is -2.37. The van der Waals surface area contributed by atoms with Gasteiger partial charge in [0.15, 0.2) is 0 Å². The zero-order chi connectivity index (χ0) is 16.7. The van der Waals surface area contributed by atoms with Gasteiger partial charge in [-0.25, -0.2) is 17.2 Å². The monoisotopic (exact) mass is 335 g/mol. The van der Waals surface area contributed by atoms with Crippen LogP contribution in [0.15, 0.2) is 4.90 Å². The Morgan fingerprint density at radius 3 is 2.36 bits per heavy atom. The van der Waals surface area contributed by atoms with Crippen molar-refractivity contribution in [3.8, 4) is 0 Å². The van der Waals surface area contributed by atoms with Gasteiger partial charge in [0, 0.05) is 12.6 Å². The number of hydrogen-bond donors (Lipinski definition) is 0. The smallest absolute Gasteiger partial charge is 0.252 e. The average Bonchev–Trinajstić information content (AvgIpc) is 3.13. The molecule has 0 amide bonds. The maximum absolute atomic E-state index is 12.8. The second kappa shape index (κ2) is 6.23. The normalized spacial score (nSPS) is 16.2. The lowest BCUT2D eigenvalue weighted by atomic mass is 10.2. The average molecular weight is 335 g/mol. The second-order valence-electron chi connectivity index (χ2n) is 6.27. The predicted octanol–water partition coefficient (Wildman–Crippen LogP) is 2.57. The molecule has 1 saturated carbocycles. The Kier molecular flexibility index (Phi) is 4.91. The largest absolute Gasteiger partial charge is 0.268 e. The predicted molar refractivity (Wildman–Crippen MR) is 79.5 cm³/mol. The highest BCUT2D eigenvalue weighted by Gasteiger charge is 2.41. The van der Waals surface area contributed by atoms with Crippen molar-refractivity contribution in [2.24, 2.45) is 5.92 Å². The lowest BCUT2D eigenvalue weighted by molar-refractivity contribution is 0.117. The number of aryl methyl sites for hydroxylation is 1. The molecular weight excluding hydrogens is 312 g/mol. The number of nitrogens with zero attached hydrogens (tertiary/aromatic N) is 3. The highest BCUT2D eigenvalue weighted by atomic mass is 32.2. The standard InChI is InChI=1S/C14H23F2N3O2S/c1-9(2)7-18-11(4)14(10(3)17-18)22(20,21)19(8-13(15)16)12-5-6-12/h9,12-13H,5-8H2,1-4H3. The molecular formula is C14H23F2N3O2S. The number of sulfonamides is 1. The van der Waals surface area contributed by atoms with E-state index in [0.29, 0.717) is 36.7 Å². The van der Waals surface area contributed by atoms with Gasteiger partial charge in [0.2, 0.25) is 10.0 Å². The summed E-state index contributed by atoms with van der Waals surface area (Å²) >= 11 is 0. The summed E-state index contributed by atoms with van der Waals surface area (Å²) in [6.07, 6.45) is -1.39. The minimum atomic E-state index is -3.94. The summed E-state index contributed by atoms with van der Waals surface area (Å²) in [6, 6.07) is -0.300. The molecule has 1 aliphatic rings. The zero-order valence-corrected chi connectivity index (χ0v) is 14.2. The van der Waals surface area contributed by atoms with Gasteiger partial charge in [-0.05, 0) is 32.6 Å².